The van der Waals surface area contributed by atoms with Gasteiger partial charge < -0.3 is 15.4 Å². The van der Waals surface area contributed by atoms with Gasteiger partial charge in [-0.1, -0.05) is 0 Å². The first-order valence-corrected chi connectivity index (χ1v) is 6.83. The minimum Gasteiger partial charge on any atom is -0.377 e. The number of fused-ring (bicyclic) bond motifs is 1. The maximum absolute atomic E-state index is 11.5. The molecule has 0 aromatic carbocycles. The van der Waals surface area contributed by atoms with Crippen molar-refractivity contribution in [2.45, 2.75) is 13.0 Å². The number of aryl methyl sites for hydroxylation is 1. The number of morpholine rings is 1. The molecule has 0 spiro atoms. The van der Waals surface area contributed by atoms with Crippen molar-refractivity contribution in [2.75, 3.05) is 24.7 Å². The van der Waals surface area contributed by atoms with Crippen LogP contribution in [0.5, 0.6) is 0 Å². The average Bonchev–Trinajstić information content (AvgIpc) is 2.78. The fourth-order valence-corrected chi connectivity index (χ4v) is 3.13. The molecule has 100 valence electrons. The van der Waals surface area contributed by atoms with Gasteiger partial charge in [0.2, 0.25) is 5.91 Å². The first-order valence-electron chi connectivity index (χ1n) is 6.01. The molecule has 3 heterocycles. The number of primary amides is 1. The Labute approximate surface area is 114 Å². The first kappa shape index (κ1) is 12.3. The minimum absolute atomic E-state index is 0.309. The van der Waals surface area contributed by atoms with Gasteiger partial charge in [0.15, 0.2) is 0 Å². The zero-order valence-corrected chi connectivity index (χ0v) is 11.3. The Balaban J connectivity index is 2.09. The van der Waals surface area contributed by atoms with Crippen LogP contribution in [0.1, 0.15) is 4.88 Å². The van der Waals surface area contributed by atoms with Crippen LogP contribution in [0.25, 0.3) is 10.2 Å². The molecule has 0 unspecified atom stereocenters. The molecular weight excluding hydrogens is 264 g/mol. The quantitative estimate of drug-likeness (QED) is 0.874. The van der Waals surface area contributed by atoms with Gasteiger partial charge in [0, 0.05) is 11.4 Å². The normalized spacial score (nSPS) is 19.8. The predicted molar refractivity (Wildman–Crippen MR) is 73.3 cm³/mol. The molecule has 6 nitrogen and oxygen atoms in total. The van der Waals surface area contributed by atoms with Gasteiger partial charge in [0.1, 0.15) is 23.0 Å². The van der Waals surface area contributed by atoms with Crippen LogP contribution in [0, 0.1) is 6.92 Å². The largest absolute Gasteiger partial charge is 0.377 e. The van der Waals surface area contributed by atoms with E-state index in [9.17, 15) is 4.79 Å². The summed E-state index contributed by atoms with van der Waals surface area (Å²) in [6.45, 7) is 3.51. The van der Waals surface area contributed by atoms with Crippen molar-refractivity contribution in [3.8, 4) is 0 Å². The van der Waals surface area contributed by atoms with Crippen LogP contribution >= 0.6 is 11.3 Å². The molecule has 7 heteroatoms. The van der Waals surface area contributed by atoms with Gasteiger partial charge in [-0.05, 0) is 13.0 Å². The van der Waals surface area contributed by atoms with E-state index in [1.165, 1.54) is 11.2 Å². The summed E-state index contributed by atoms with van der Waals surface area (Å²) in [5.41, 5.74) is 5.44. The molecular formula is C12H14N4O2S. The molecule has 1 saturated heterocycles. The lowest BCUT2D eigenvalue weighted by atomic mass is 10.2. The molecule has 2 aromatic heterocycles. The van der Waals surface area contributed by atoms with E-state index in [-0.39, 0.29) is 0 Å². The van der Waals surface area contributed by atoms with E-state index < -0.39 is 11.9 Å². The van der Waals surface area contributed by atoms with Crippen LogP contribution in [-0.4, -0.2) is 41.7 Å². The van der Waals surface area contributed by atoms with E-state index in [1.54, 1.807) is 11.3 Å². The number of carbonyl (C=O) groups excluding carboxylic acids is 1. The number of rotatable bonds is 2. The maximum atomic E-state index is 11.5. The molecule has 2 aromatic rings. The number of carbonyl (C=O) groups is 1. The number of hydrogen-bond acceptors (Lipinski definition) is 6. The molecule has 2 N–H and O–H groups in total. The molecule has 1 fully saturated rings. The van der Waals surface area contributed by atoms with E-state index >= 15 is 0 Å². The summed E-state index contributed by atoms with van der Waals surface area (Å²) in [6.07, 6.45) is 1.53. The molecule has 3 rings (SSSR count). The van der Waals surface area contributed by atoms with Crippen LogP contribution in [0.2, 0.25) is 0 Å². The number of ether oxygens (including phenoxy) is 1. The van der Waals surface area contributed by atoms with Crippen molar-refractivity contribution in [3.63, 3.8) is 0 Å². The highest BCUT2D eigenvalue weighted by Gasteiger charge is 2.30. The van der Waals surface area contributed by atoms with Crippen molar-refractivity contribution in [3.05, 3.63) is 17.3 Å². The number of nitrogens with two attached hydrogens (primary N) is 1. The smallest absolute Gasteiger partial charge is 0.242 e. The molecule has 19 heavy (non-hydrogen) atoms. The third-order valence-electron chi connectivity index (χ3n) is 3.16. The van der Waals surface area contributed by atoms with Crippen LogP contribution in [0.4, 0.5) is 5.82 Å². The van der Waals surface area contributed by atoms with Gasteiger partial charge in [-0.2, -0.15) is 0 Å². The van der Waals surface area contributed by atoms with Gasteiger partial charge in [-0.3, -0.25) is 4.79 Å². The van der Waals surface area contributed by atoms with Gasteiger partial charge in [-0.15, -0.1) is 11.3 Å². The van der Waals surface area contributed by atoms with Crippen LogP contribution in [0.3, 0.4) is 0 Å². The maximum Gasteiger partial charge on any atom is 0.242 e. The summed E-state index contributed by atoms with van der Waals surface area (Å²) in [6, 6.07) is 1.58. The summed E-state index contributed by atoms with van der Waals surface area (Å²) in [4.78, 5) is 24.1. The number of nitrogens with zero attached hydrogens (tertiary/aromatic N) is 3. The van der Waals surface area contributed by atoms with Gasteiger partial charge >= 0.3 is 0 Å². The van der Waals surface area contributed by atoms with Crippen molar-refractivity contribution in [1.29, 1.82) is 0 Å². The molecule has 0 bridgehead atoms. The zero-order chi connectivity index (χ0) is 13.4. The highest BCUT2D eigenvalue weighted by atomic mass is 32.1. The molecule has 1 aliphatic heterocycles. The molecule has 0 aliphatic carbocycles. The first-order chi connectivity index (χ1) is 9.16. The number of amides is 1. The summed E-state index contributed by atoms with van der Waals surface area (Å²) in [5.74, 6) is 0.375. The highest BCUT2D eigenvalue weighted by molar-refractivity contribution is 7.18. The van der Waals surface area contributed by atoms with Crippen LogP contribution in [0.15, 0.2) is 12.4 Å². The van der Waals surface area contributed by atoms with E-state index in [2.05, 4.69) is 9.97 Å². The number of hydrogen-bond donors (Lipinski definition) is 1. The molecule has 0 radical (unpaired) electrons. The Hall–Kier alpha value is -1.73. The summed E-state index contributed by atoms with van der Waals surface area (Å²) < 4.78 is 5.33. The second-order valence-corrected chi connectivity index (χ2v) is 5.69. The fourth-order valence-electron chi connectivity index (χ4n) is 2.29. The summed E-state index contributed by atoms with van der Waals surface area (Å²) in [5, 5.41) is 0.971. The fraction of sp³-hybridized carbons (Fsp3) is 0.417. The highest BCUT2D eigenvalue weighted by Crippen LogP contribution is 2.31. The SMILES string of the molecule is Cc1cc2c(N3CCOC[C@H]3C(N)=O)ncnc2s1. The van der Waals surface area contributed by atoms with E-state index in [4.69, 9.17) is 10.5 Å². The molecule has 0 saturated carbocycles. The third-order valence-corrected chi connectivity index (χ3v) is 4.12. The molecule has 1 atom stereocenters. The predicted octanol–water partition coefficient (Wildman–Crippen LogP) is 0.690. The third kappa shape index (κ3) is 2.15. The second-order valence-electron chi connectivity index (χ2n) is 4.46. The Morgan fingerprint density at radius 2 is 2.42 bits per heavy atom. The van der Waals surface area contributed by atoms with Crippen molar-refractivity contribution >= 4 is 33.3 Å². The van der Waals surface area contributed by atoms with Gasteiger partial charge in [-0.25, -0.2) is 9.97 Å². The summed E-state index contributed by atoms with van der Waals surface area (Å²) in [7, 11) is 0. The zero-order valence-electron chi connectivity index (χ0n) is 10.5. The average molecular weight is 278 g/mol. The van der Waals surface area contributed by atoms with Crippen molar-refractivity contribution in [1.82, 2.24) is 9.97 Å². The number of thiophene rings is 1. The van der Waals surface area contributed by atoms with Crippen LogP contribution < -0.4 is 10.6 Å². The molecule has 1 aliphatic rings. The van der Waals surface area contributed by atoms with E-state index in [0.717, 1.165) is 16.0 Å². The minimum atomic E-state index is -0.466. The lowest BCUT2D eigenvalue weighted by Gasteiger charge is -2.34. The van der Waals surface area contributed by atoms with Crippen molar-refractivity contribution in [2.24, 2.45) is 5.73 Å². The Morgan fingerprint density at radius 3 is 3.21 bits per heavy atom. The monoisotopic (exact) mass is 278 g/mol. The Morgan fingerprint density at radius 1 is 1.58 bits per heavy atom. The van der Waals surface area contributed by atoms with Crippen LogP contribution in [-0.2, 0) is 9.53 Å². The van der Waals surface area contributed by atoms with Gasteiger partial charge in [0.05, 0.1) is 18.6 Å². The van der Waals surface area contributed by atoms with E-state index in [0.29, 0.717) is 19.8 Å². The second kappa shape index (κ2) is 4.75. The topological polar surface area (TPSA) is 81.3 Å². The van der Waals surface area contributed by atoms with E-state index in [1.807, 2.05) is 17.9 Å². The lowest BCUT2D eigenvalue weighted by Crippen LogP contribution is -2.53. The molecule has 1 amide bonds. The lowest BCUT2D eigenvalue weighted by molar-refractivity contribution is -0.121. The summed E-state index contributed by atoms with van der Waals surface area (Å²) >= 11 is 1.61. The standard InChI is InChI=1S/C12H14N4O2S/c1-7-4-8-11(14-6-15-12(8)19-7)16-2-3-18-5-9(16)10(13)17/h4,6,9H,2-3,5H2,1H3,(H2,13,17)/t9-/m0/s1. The Bertz CT molecular complexity index is 627. The number of aromatic nitrogens is 2. The number of anilines is 1. The van der Waals surface area contributed by atoms with Crippen molar-refractivity contribution < 1.29 is 9.53 Å². The van der Waals surface area contributed by atoms with Gasteiger partial charge in [0.25, 0.3) is 0 Å². The Kier molecular flexibility index (Phi) is 3.08.